The van der Waals surface area contributed by atoms with Crippen LogP contribution >= 0.6 is 11.3 Å². The van der Waals surface area contributed by atoms with Gasteiger partial charge in [-0.2, -0.15) is 4.98 Å². The summed E-state index contributed by atoms with van der Waals surface area (Å²) in [5.74, 6) is 0.949. The molecule has 0 saturated carbocycles. The van der Waals surface area contributed by atoms with Gasteiger partial charge in [-0.25, -0.2) is 0 Å². The molecule has 0 aliphatic heterocycles. The van der Waals surface area contributed by atoms with E-state index in [2.05, 4.69) is 20.5 Å². The maximum absolute atomic E-state index is 5.54. The molecule has 0 aliphatic carbocycles. The lowest BCUT2D eigenvalue weighted by Gasteiger charge is -2.01. The van der Waals surface area contributed by atoms with Gasteiger partial charge in [-0.15, -0.1) is 16.4 Å². The highest BCUT2D eigenvalue weighted by Gasteiger charge is 2.11. The van der Waals surface area contributed by atoms with Gasteiger partial charge in [0.2, 0.25) is 5.82 Å². The Bertz CT molecular complexity index is 868. The fourth-order valence-electron chi connectivity index (χ4n) is 1.87. The molecular formula is C13H9N5O2S. The van der Waals surface area contributed by atoms with Gasteiger partial charge in [0, 0.05) is 0 Å². The van der Waals surface area contributed by atoms with Gasteiger partial charge in [-0.3, -0.25) is 0 Å². The number of hydrogen-bond acceptors (Lipinski definition) is 7. The maximum Gasteiger partial charge on any atom is 0.268 e. The van der Waals surface area contributed by atoms with E-state index in [1.165, 1.54) is 4.85 Å². The Morgan fingerprint density at radius 2 is 2.14 bits per heavy atom. The molecule has 104 valence electrons. The van der Waals surface area contributed by atoms with Gasteiger partial charge in [0.25, 0.3) is 5.89 Å². The molecule has 21 heavy (non-hydrogen) atoms. The highest BCUT2D eigenvalue weighted by atomic mass is 32.1. The van der Waals surface area contributed by atoms with E-state index < -0.39 is 0 Å². The molecule has 4 rings (SSSR count). The Balaban J connectivity index is 1.52. The lowest BCUT2D eigenvalue weighted by Crippen LogP contribution is -2.13. The van der Waals surface area contributed by atoms with Crippen LogP contribution < -0.4 is 4.84 Å². The fourth-order valence-corrected chi connectivity index (χ4v) is 2.52. The quantitative estimate of drug-likeness (QED) is 0.574. The van der Waals surface area contributed by atoms with Crippen LogP contribution in [0.4, 0.5) is 0 Å². The molecule has 3 heterocycles. The van der Waals surface area contributed by atoms with Crippen LogP contribution in [-0.2, 0) is 6.61 Å². The number of rotatable bonds is 4. The summed E-state index contributed by atoms with van der Waals surface area (Å²) < 4.78 is 5.19. The molecule has 0 spiro atoms. The van der Waals surface area contributed by atoms with Crippen molar-refractivity contribution in [1.82, 2.24) is 25.3 Å². The van der Waals surface area contributed by atoms with E-state index in [0.29, 0.717) is 11.7 Å². The van der Waals surface area contributed by atoms with E-state index in [-0.39, 0.29) is 6.61 Å². The number of fused-ring (bicyclic) bond motifs is 1. The minimum atomic E-state index is 0.155. The summed E-state index contributed by atoms with van der Waals surface area (Å²) in [7, 11) is 0. The van der Waals surface area contributed by atoms with Gasteiger partial charge in [0.05, 0.1) is 4.88 Å². The van der Waals surface area contributed by atoms with Gasteiger partial charge in [0.15, 0.2) is 6.61 Å². The van der Waals surface area contributed by atoms with Crippen molar-refractivity contribution in [1.29, 1.82) is 0 Å². The van der Waals surface area contributed by atoms with Crippen molar-refractivity contribution in [2.45, 2.75) is 6.61 Å². The van der Waals surface area contributed by atoms with E-state index in [1.54, 1.807) is 11.3 Å². The van der Waals surface area contributed by atoms with E-state index in [1.807, 2.05) is 41.8 Å². The van der Waals surface area contributed by atoms with Crippen LogP contribution in [0.3, 0.4) is 0 Å². The number of benzene rings is 1. The molecule has 8 heteroatoms. The average molecular weight is 299 g/mol. The first-order valence-corrected chi connectivity index (χ1v) is 7.08. The molecule has 0 saturated heterocycles. The molecule has 0 amide bonds. The summed E-state index contributed by atoms with van der Waals surface area (Å²) in [5, 5.41) is 13.8. The molecule has 0 radical (unpaired) electrons. The standard InChI is InChI=1S/C13H9N5O2S/c1-2-5-10-9(4-1)15-17-18(10)19-8-12-14-13(20-16-12)11-6-3-7-21-11/h1-7H,8H2. The predicted octanol–water partition coefficient (Wildman–Crippen LogP) is 2.17. The van der Waals surface area contributed by atoms with Crippen molar-refractivity contribution >= 4 is 22.4 Å². The molecule has 1 aromatic carbocycles. The highest BCUT2D eigenvalue weighted by Crippen LogP contribution is 2.22. The molecule has 4 aromatic rings. The van der Waals surface area contributed by atoms with Gasteiger partial charge >= 0.3 is 0 Å². The number of hydrogen-bond donors (Lipinski definition) is 0. The normalized spacial score (nSPS) is 11.0. The second-order valence-corrected chi connectivity index (χ2v) is 5.17. The van der Waals surface area contributed by atoms with Gasteiger partial charge in [-0.05, 0) is 28.8 Å². The molecule has 0 N–H and O–H groups in total. The maximum atomic E-state index is 5.54. The fraction of sp³-hybridized carbons (Fsp3) is 0.0769. The Kier molecular flexibility index (Phi) is 2.86. The van der Waals surface area contributed by atoms with Crippen molar-refractivity contribution in [3.63, 3.8) is 0 Å². The van der Waals surface area contributed by atoms with Crippen molar-refractivity contribution in [2.75, 3.05) is 0 Å². The molecule has 7 nitrogen and oxygen atoms in total. The van der Waals surface area contributed by atoms with Crippen LogP contribution in [0.5, 0.6) is 0 Å². The van der Waals surface area contributed by atoms with E-state index in [0.717, 1.165) is 15.9 Å². The average Bonchev–Trinajstić information content (AvgIpc) is 3.25. The van der Waals surface area contributed by atoms with Crippen molar-refractivity contribution in [3.05, 3.63) is 47.6 Å². The largest absolute Gasteiger partial charge is 0.387 e. The molecule has 0 atom stereocenters. The molecular weight excluding hydrogens is 290 g/mol. The molecule has 0 aliphatic rings. The van der Waals surface area contributed by atoms with Crippen LogP contribution in [0.15, 0.2) is 46.3 Å². The topological polar surface area (TPSA) is 78.9 Å². The third-order valence-electron chi connectivity index (χ3n) is 2.84. The number of nitrogens with zero attached hydrogens (tertiary/aromatic N) is 5. The first kappa shape index (κ1) is 12.0. The third-order valence-corrected chi connectivity index (χ3v) is 3.70. The Labute approximate surface area is 122 Å². The van der Waals surface area contributed by atoms with Crippen LogP contribution in [0.2, 0.25) is 0 Å². The Morgan fingerprint density at radius 3 is 3.05 bits per heavy atom. The number of aromatic nitrogens is 5. The minimum Gasteiger partial charge on any atom is -0.387 e. The van der Waals surface area contributed by atoms with Gasteiger partial charge in [0.1, 0.15) is 11.0 Å². The Hall–Kier alpha value is -2.74. The molecule has 3 aromatic heterocycles. The van der Waals surface area contributed by atoms with E-state index in [9.17, 15) is 0 Å². The number of thiophene rings is 1. The van der Waals surface area contributed by atoms with E-state index in [4.69, 9.17) is 9.36 Å². The molecule has 0 fully saturated rings. The zero-order valence-electron chi connectivity index (χ0n) is 10.7. The summed E-state index contributed by atoms with van der Waals surface area (Å²) >= 11 is 1.54. The van der Waals surface area contributed by atoms with Gasteiger partial charge in [-0.1, -0.05) is 28.2 Å². The van der Waals surface area contributed by atoms with Crippen molar-refractivity contribution in [2.24, 2.45) is 0 Å². The Morgan fingerprint density at radius 1 is 1.19 bits per heavy atom. The third kappa shape index (κ3) is 2.25. The van der Waals surface area contributed by atoms with Crippen molar-refractivity contribution < 1.29 is 9.36 Å². The summed E-state index contributed by atoms with van der Waals surface area (Å²) in [4.78, 5) is 12.1. The summed E-state index contributed by atoms with van der Waals surface area (Å²) in [6.07, 6.45) is 0. The smallest absolute Gasteiger partial charge is 0.268 e. The first-order valence-electron chi connectivity index (χ1n) is 6.20. The highest BCUT2D eigenvalue weighted by molar-refractivity contribution is 7.13. The van der Waals surface area contributed by atoms with Gasteiger partial charge < -0.3 is 9.36 Å². The lowest BCUT2D eigenvalue weighted by molar-refractivity contribution is 0.0697. The minimum absolute atomic E-state index is 0.155. The van der Waals surface area contributed by atoms with Crippen LogP contribution in [0.1, 0.15) is 5.82 Å². The predicted molar refractivity (Wildman–Crippen MR) is 75.4 cm³/mol. The van der Waals surface area contributed by atoms with E-state index >= 15 is 0 Å². The molecule has 0 unspecified atom stereocenters. The van der Waals surface area contributed by atoms with Crippen LogP contribution in [-0.4, -0.2) is 25.3 Å². The lowest BCUT2D eigenvalue weighted by atomic mass is 10.3. The van der Waals surface area contributed by atoms with Crippen LogP contribution in [0, 0.1) is 0 Å². The first-order chi connectivity index (χ1) is 10.4. The zero-order chi connectivity index (χ0) is 14.1. The SMILES string of the molecule is c1csc(-c2nc(COn3nnc4ccccc43)no2)c1. The van der Waals surface area contributed by atoms with Crippen molar-refractivity contribution in [3.8, 4) is 10.8 Å². The summed E-state index contributed by atoms with van der Waals surface area (Å²) in [5.41, 5.74) is 1.56. The van der Waals surface area contributed by atoms with Crippen LogP contribution in [0.25, 0.3) is 21.8 Å². The zero-order valence-corrected chi connectivity index (χ0v) is 11.5. The summed E-state index contributed by atoms with van der Waals surface area (Å²) in [6, 6.07) is 11.4. The second kappa shape index (κ2) is 4.98. The second-order valence-electron chi connectivity index (χ2n) is 4.22. The summed E-state index contributed by atoms with van der Waals surface area (Å²) in [6.45, 7) is 0.155. The monoisotopic (exact) mass is 299 g/mol. The number of para-hydroxylation sites is 1. The molecule has 0 bridgehead atoms.